The van der Waals surface area contributed by atoms with Gasteiger partial charge < -0.3 is 14.8 Å². The van der Waals surface area contributed by atoms with E-state index in [0.717, 1.165) is 52.6 Å². The predicted molar refractivity (Wildman–Crippen MR) is 104 cm³/mol. The fourth-order valence-electron chi connectivity index (χ4n) is 5.71. The Kier molecular flexibility index (Phi) is 5.28. The van der Waals surface area contributed by atoms with Crippen LogP contribution in [-0.2, 0) is 6.54 Å². The molecule has 0 aliphatic heterocycles. The Labute approximate surface area is 160 Å². The summed E-state index contributed by atoms with van der Waals surface area (Å²) in [6, 6.07) is 5.02. The largest absolute Gasteiger partial charge is 0.493 e. The number of nitrogens with one attached hydrogen (secondary N) is 1. The van der Waals surface area contributed by atoms with E-state index in [0.29, 0.717) is 12.6 Å². The number of hydrogen-bond acceptors (Lipinski definition) is 3. The zero-order valence-electron chi connectivity index (χ0n) is 15.4. The van der Waals surface area contributed by atoms with E-state index in [2.05, 4.69) is 40.3 Å². The maximum atomic E-state index is 5.84. The summed E-state index contributed by atoms with van der Waals surface area (Å²) < 4.78 is 12.4. The molecule has 138 valence electrons. The Morgan fingerprint density at radius 2 is 1.76 bits per heavy atom. The first kappa shape index (κ1) is 17.7. The van der Waals surface area contributed by atoms with Crippen LogP contribution in [0, 0.1) is 23.7 Å². The molecule has 0 heterocycles. The smallest absolute Gasteiger partial charge is 0.175 e. The van der Waals surface area contributed by atoms with Gasteiger partial charge in [-0.05, 0) is 95.8 Å². The standard InChI is InChI=1S/C21H30BrNO2/c1-3-4-25-21-18(22)10-15(11-19(21)24-2)12-23-20-16-6-13-5-14(8-16)9-17(20)7-13/h10-11,13-14,16-17,20,23H,3-9,12H2,1-2H3. The van der Waals surface area contributed by atoms with Gasteiger partial charge in [0.15, 0.2) is 11.5 Å². The first-order valence-corrected chi connectivity index (χ1v) is 10.7. The van der Waals surface area contributed by atoms with Crippen molar-refractivity contribution >= 4 is 15.9 Å². The average molecular weight is 408 g/mol. The third kappa shape index (κ3) is 3.57. The number of halogens is 1. The van der Waals surface area contributed by atoms with Crippen LogP contribution in [0.25, 0.3) is 0 Å². The first-order valence-electron chi connectivity index (χ1n) is 9.90. The van der Waals surface area contributed by atoms with Crippen molar-refractivity contribution in [3.8, 4) is 11.5 Å². The van der Waals surface area contributed by atoms with E-state index in [1.54, 1.807) is 7.11 Å². The zero-order valence-corrected chi connectivity index (χ0v) is 17.0. The lowest BCUT2D eigenvalue weighted by Gasteiger charge is -2.54. The van der Waals surface area contributed by atoms with Gasteiger partial charge in [0.25, 0.3) is 0 Å². The number of rotatable bonds is 7. The van der Waals surface area contributed by atoms with Crippen LogP contribution < -0.4 is 14.8 Å². The molecule has 0 unspecified atom stereocenters. The minimum absolute atomic E-state index is 0.709. The lowest BCUT2D eigenvalue weighted by Crippen LogP contribution is -2.54. The monoisotopic (exact) mass is 407 g/mol. The van der Waals surface area contributed by atoms with Gasteiger partial charge in [0.1, 0.15) is 0 Å². The van der Waals surface area contributed by atoms with Crippen molar-refractivity contribution < 1.29 is 9.47 Å². The first-order chi connectivity index (χ1) is 12.2. The highest BCUT2D eigenvalue weighted by Crippen LogP contribution is 2.53. The Morgan fingerprint density at radius 3 is 2.36 bits per heavy atom. The van der Waals surface area contributed by atoms with Crippen molar-refractivity contribution in [1.82, 2.24) is 5.32 Å². The fourth-order valence-corrected chi connectivity index (χ4v) is 6.32. The van der Waals surface area contributed by atoms with Crippen molar-refractivity contribution in [2.24, 2.45) is 23.7 Å². The molecular weight excluding hydrogens is 378 g/mol. The molecule has 0 spiro atoms. The minimum atomic E-state index is 0.709. The molecule has 4 aliphatic rings. The SMILES string of the molecule is CCCOc1c(Br)cc(CNC2C3CC4CC(C3)CC2C4)cc1OC. The van der Waals surface area contributed by atoms with Crippen LogP contribution in [-0.4, -0.2) is 19.8 Å². The predicted octanol–water partition coefficient (Wildman–Crippen LogP) is 5.16. The van der Waals surface area contributed by atoms with Gasteiger partial charge in [-0.3, -0.25) is 0 Å². The molecule has 0 saturated heterocycles. The molecule has 4 heteroatoms. The highest BCUT2D eigenvalue weighted by molar-refractivity contribution is 9.10. The van der Waals surface area contributed by atoms with Crippen LogP contribution in [0.2, 0.25) is 0 Å². The number of hydrogen-bond donors (Lipinski definition) is 1. The highest BCUT2D eigenvalue weighted by Gasteiger charge is 2.47. The van der Waals surface area contributed by atoms with Crippen molar-refractivity contribution in [2.75, 3.05) is 13.7 Å². The summed E-state index contributed by atoms with van der Waals surface area (Å²) in [5.74, 6) is 5.53. The normalized spacial score (nSPS) is 32.8. The molecule has 4 bridgehead atoms. The van der Waals surface area contributed by atoms with E-state index in [1.165, 1.54) is 37.7 Å². The molecule has 3 nitrogen and oxygen atoms in total. The summed E-state index contributed by atoms with van der Waals surface area (Å²) in [7, 11) is 1.72. The molecule has 1 aromatic carbocycles. The fraction of sp³-hybridized carbons (Fsp3) is 0.714. The third-order valence-electron chi connectivity index (χ3n) is 6.51. The Balaban J connectivity index is 1.43. The topological polar surface area (TPSA) is 30.5 Å². The Hall–Kier alpha value is -0.740. The van der Waals surface area contributed by atoms with Gasteiger partial charge >= 0.3 is 0 Å². The molecule has 0 amide bonds. The molecule has 0 atom stereocenters. The van der Waals surface area contributed by atoms with Crippen LogP contribution in [0.1, 0.15) is 51.0 Å². The molecule has 4 fully saturated rings. The highest BCUT2D eigenvalue weighted by atomic mass is 79.9. The van der Waals surface area contributed by atoms with Gasteiger partial charge in [-0.15, -0.1) is 0 Å². The van der Waals surface area contributed by atoms with Crippen molar-refractivity contribution in [2.45, 2.75) is 58.0 Å². The van der Waals surface area contributed by atoms with Crippen molar-refractivity contribution in [3.63, 3.8) is 0 Å². The summed E-state index contributed by atoms with van der Waals surface area (Å²) in [6.45, 7) is 3.74. The van der Waals surface area contributed by atoms with E-state index in [-0.39, 0.29) is 0 Å². The van der Waals surface area contributed by atoms with Gasteiger partial charge in [-0.25, -0.2) is 0 Å². The van der Waals surface area contributed by atoms with Crippen LogP contribution >= 0.6 is 15.9 Å². The van der Waals surface area contributed by atoms with Crippen LogP contribution in [0.5, 0.6) is 11.5 Å². The van der Waals surface area contributed by atoms with Crippen molar-refractivity contribution in [1.29, 1.82) is 0 Å². The lowest BCUT2D eigenvalue weighted by atomic mass is 9.54. The summed E-state index contributed by atoms with van der Waals surface area (Å²) in [5, 5.41) is 3.90. The summed E-state index contributed by atoms with van der Waals surface area (Å²) in [4.78, 5) is 0. The second-order valence-corrected chi connectivity index (χ2v) is 9.15. The summed E-state index contributed by atoms with van der Waals surface area (Å²) >= 11 is 3.66. The minimum Gasteiger partial charge on any atom is -0.493 e. The summed E-state index contributed by atoms with van der Waals surface area (Å²) in [6.07, 6.45) is 8.35. The van der Waals surface area contributed by atoms with E-state index in [1.807, 2.05) is 0 Å². The maximum absolute atomic E-state index is 5.84. The van der Waals surface area contributed by atoms with Crippen LogP contribution in [0.4, 0.5) is 0 Å². The van der Waals surface area contributed by atoms with Gasteiger partial charge in [0, 0.05) is 12.6 Å². The third-order valence-corrected chi connectivity index (χ3v) is 7.10. The second kappa shape index (κ2) is 7.48. The second-order valence-electron chi connectivity index (χ2n) is 8.29. The quantitative estimate of drug-likeness (QED) is 0.676. The lowest BCUT2D eigenvalue weighted by molar-refractivity contribution is -0.0142. The number of methoxy groups -OCH3 is 1. The molecule has 4 aliphatic carbocycles. The van der Waals surface area contributed by atoms with Crippen LogP contribution in [0.15, 0.2) is 16.6 Å². The molecule has 1 aromatic rings. The Bertz CT molecular complexity index is 590. The molecule has 4 saturated carbocycles. The molecule has 0 aromatic heterocycles. The van der Waals surface area contributed by atoms with E-state index < -0.39 is 0 Å². The molecule has 0 radical (unpaired) electrons. The maximum Gasteiger partial charge on any atom is 0.175 e. The van der Waals surface area contributed by atoms with E-state index in [4.69, 9.17) is 9.47 Å². The molecule has 25 heavy (non-hydrogen) atoms. The van der Waals surface area contributed by atoms with E-state index in [9.17, 15) is 0 Å². The average Bonchev–Trinajstić information content (AvgIpc) is 2.59. The van der Waals surface area contributed by atoms with Gasteiger partial charge in [0.2, 0.25) is 0 Å². The number of ether oxygens (including phenoxy) is 2. The number of benzene rings is 1. The van der Waals surface area contributed by atoms with Gasteiger partial charge in [-0.2, -0.15) is 0 Å². The van der Waals surface area contributed by atoms with E-state index >= 15 is 0 Å². The van der Waals surface area contributed by atoms with Gasteiger partial charge in [0.05, 0.1) is 18.2 Å². The van der Waals surface area contributed by atoms with Crippen molar-refractivity contribution in [3.05, 3.63) is 22.2 Å². The summed E-state index contributed by atoms with van der Waals surface area (Å²) in [5.41, 5.74) is 1.27. The molecule has 1 N–H and O–H groups in total. The molecular formula is C21H30BrNO2. The van der Waals surface area contributed by atoms with Gasteiger partial charge in [-0.1, -0.05) is 6.92 Å². The zero-order chi connectivity index (χ0) is 17.4. The Morgan fingerprint density at radius 1 is 1.08 bits per heavy atom. The van der Waals surface area contributed by atoms with Crippen LogP contribution in [0.3, 0.4) is 0 Å². The molecule has 5 rings (SSSR count).